The highest BCUT2D eigenvalue weighted by Gasteiger charge is 2.22. The lowest BCUT2D eigenvalue weighted by Gasteiger charge is -2.30. The average molecular weight is 449 g/mol. The second-order valence-corrected chi connectivity index (χ2v) is 8.73. The number of carbonyl (C=O) groups is 2. The molecule has 1 saturated heterocycles. The normalized spacial score (nSPS) is 14.4. The number of aryl methyl sites for hydroxylation is 1. The summed E-state index contributed by atoms with van der Waals surface area (Å²) >= 11 is 0. The Bertz CT molecular complexity index is 1120. The Kier molecular flexibility index (Phi) is 7.27. The van der Waals surface area contributed by atoms with Crippen LogP contribution in [0.3, 0.4) is 0 Å². The number of para-hydroxylation sites is 3. The van der Waals surface area contributed by atoms with Gasteiger partial charge in [0.2, 0.25) is 5.91 Å². The molecule has 2 aromatic carbocycles. The number of nitrogens with zero attached hydrogens (tertiary/aromatic N) is 3. The van der Waals surface area contributed by atoms with Crippen molar-refractivity contribution < 1.29 is 14.3 Å². The molecule has 2 amide bonds. The number of likely N-dealkylation sites (tertiary alicyclic amines) is 1. The lowest BCUT2D eigenvalue weighted by molar-refractivity contribution is -0.133. The molecule has 1 N–H and O–H groups in total. The Morgan fingerprint density at radius 3 is 2.61 bits per heavy atom. The number of ether oxygens (including phenoxy) is 1. The van der Waals surface area contributed by atoms with Crippen LogP contribution in [-0.4, -0.2) is 53.0 Å². The van der Waals surface area contributed by atoms with Crippen molar-refractivity contribution in [2.45, 2.75) is 39.2 Å². The molecule has 2 heterocycles. The maximum Gasteiger partial charge on any atom is 0.255 e. The molecule has 0 bridgehead atoms. The van der Waals surface area contributed by atoms with Crippen LogP contribution in [0.4, 0.5) is 0 Å². The van der Waals surface area contributed by atoms with Gasteiger partial charge in [0.25, 0.3) is 5.91 Å². The van der Waals surface area contributed by atoms with Crippen molar-refractivity contribution in [3.05, 3.63) is 59.9 Å². The number of hydrogen-bond acceptors (Lipinski definition) is 4. The van der Waals surface area contributed by atoms with Gasteiger partial charge in [0.05, 0.1) is 23.7 Å². The molecule has 0 unspecified atom stereocenters. The minimum atomic E-state index is -0.157. The molecule has 0 saturated carbocycles. The number of amides is 2. The number of methoxy groups -OCH3 is 1. The first-order chi connectivity index (χ1) is 16.1. The molecular weight excluding hydrogens is 416 g/mol. The second-order valence-electron chi connectivity index (χ2n) is 8.73. The van der Waals surface area contributed by atoms with E-state index < -0.39 is 0 Å². The van der Waals surface area contributed by atoms with Crippen LogP contribution in [0.5, 0.6) is 5.75 Å². The van der Waals surface area contributed by atoms with E-state index in [4.69, 9.17) is 9.72 Å². The van der Waals surface area contributed by atoms with Crippen LogP contribution >= 0.6 is 0 Å². The van der Waals surface area contributed by atoms with Crippen LogP contribution in [-0.2, 0) is 17.8 Å². The summed E-state index contributed by atoms with van der Waals surface area (Å²) in [4.78, 5) is 32.3. The summed E-state index contributed by atoms with van der Waals surface area (Å²) in [6.07, 6.45) is 3.52. The number of fused-ring (bicyclic) bond motifs is 1. The second kappa shape index (κ2) is 10.5. The van der Waals surface area contributed by atoms with E-state index in [1.807, 2.05) is 45.9 Å². The van der Waals surface area contributed by atoms with E-state index in [1.165, 1.54) is 0 Å². The monoisotopic (exact) mass is 448 g/mol. The molecule has 1 fully saturated rings. The fourth-order valence-corrected chi connectivity index (χ4v) is 4.36. The van der Waals surface area contributed by atoms with Crippen molar-refractivity contribution in [2.75, 3.05) is 26.7 Å². The predicted molar refractivity (Wildman–Crippen MR) is 128 cm³/mol. The number of piperidine rings is 1. The quantitative estimate of drug-likeness (QED) is 0.534. The lowest BCUT2D eigenvalue weighted by atomic mass is 9.99. The first-order valence-corrected chi connectivity index (χ1v) is 11.7. The van der Waals surface area contributed by atoms with Crippen LogP contribution < -0.4 is 10.1 Å². The Labute approximate surface area is 194 Å². The average Bonchev–Trinajstić information content (AvgIpc) is 3.19. The number of aromatic nitrogens is 2. The molecule has 174 valence electrons. The van der Waals surface area contributed by atoms with Crippen molar-refractivity contribution in [2.24, 2.45) is 5.92 Å². The first kappa shape index (κ1) is 22.8. The fourth-order valence-electron chi connectivity index (χ4n) is 4.36. The van der Waals surface area contributed by atoms with Crippen molar-refractivity contribution in [3.63, 3.8) is 0 Å². The molecule has 1 aromatic heterocycles. The summed E-state index contributed by atoms with van der Waals surface area (Å²) in [5.41, 5.74) is 2.39. The van der Waals surface area contributed by atoms with Gasteiger partial charge in [-0.1, -0.05) is 31.2 Å². The van der Waals surface area contributed by atoms with Gasteiger partial charge in [-0.3, -0.25) is 9.59 Å². The van der Waals surface area contributed by atoms with E-state index in [0.717, 1.165) is 49.2 Å². The van der Waals surface area contributed by atoms with Crippen LogP contribution in [0, 0.1) is 5.92 Å². The zero-order chi connectivity index (χ0) is 23.2. The minimum Gasteiger partial charge on any atom is -0.496 e. The van der Waals surface area contributed by atoms with Crippen LogP contribution in [0.1, 0.15) is 42.4 Å². The summed E-state index contributed by atoms with van der Waals surface area (Å²) in [6.45, 7) is 4.72. The van der Waals surface area contributed by atoms with E-state index in [-0.39, 0.29) is 11.8 Å². The highest BCUT2D eigenvalue weighted by atomic mass is 16.5. The molecular formula is C26H32N4O3. The van der Waals surface area contributed by atoms with Crippen molar-refractivity contribution in [3.8, 4) is 5.75 Å². The smallest absolute Gasteiger partial charge is 0.255 e. The number of hydrogen-bond donors (Lipinski definition) is 1. The Balaban J connectivity index is 1.40. The Morgan fingerprint density at radius 2 is 1.82 bits per heavy atom. The summed E-state index contributed by atoms with van der Waals surface area (Å²) in [6, 6.07) is 15.1. The molecule has 1 aliphatic rings. The molecule has 7 nitrogen and oxygen atoms in total. The minimum absolute atomic E-state index is 0.149. The molecule has 7 heteroatoms. The Hall–Kier alpha value is -3.35. The van der Waals surface area contributed by atoms with Crippen molar-refractivity contribution in [1.82, 2.24) is 19.8 Å². The van der Waals surface area contributed by atoms with Gasteiger partial charge < -0.3 is 19.5 Å². The number of imidazole rings is 1. The van der Waals surface area contributed by atoms with Gasteiger partial charge in [-0.2, -0.15) is 0 Å². The largest absolute Gasteiger partial charge is 0.496 e. The van der Waals surface area contributed by atoms with E-state index in [1.54, 1.807) is 19.2 Å². The third-order valence-corrected chi connectivity index (χ3v) is 6.38. The Morgan fingerprint density at radius 1 is 1.09 bits per heavy atom. The molecule has 4 rings (SSSR count). The van der Waals surface area contributed by atoms with Crippen molar-refractivity contribution in [1.29, 1.82) is 0 Å². The van der Waals surface area contributed by atoms with Gasteiger partial charge in [-0.05, 0) is 49.4 Å². The van der Waals surface area contributed by atoms with Crippen LogP contribution in [0.2, 0.25) is 0 Å². The molecule has 0 aliphatic carbocycles. The first-order valence-electron chi connectivity index (χ1n) is 11.7. The van der Waals surface area contributed by atoms with Crippen molar-refractivity contribution >= 4 is 22.8 Å². The molecule has 0 atom stereocenters. The standard InChI is InChI=1S/C26H32N4O3/c1-19-13-16-29(17-14-19)25(31)18-30-22-10-5-4-9-21(22)28-24(30)12-7-15-27-26(32)20-8-3-6-11-23(20)33-2/h3-6,8-11,19H,7,12-18H2,1-2H3,(H,27,32). The molecule has 0 spiro atoms. The van der Waals surface area contributed by atoms with Crippen LogP contribution in [0.25, 0.3) is 11.0 Å². The summed E-state index contributed by atoms with van der Waals surface area (Å²) in [7, 11) is 1.56. The predicted octanol–water partition coefficient (Wildman–Crippen LogP) is 3.67. The van der Waals surface area contributed by atoms with Gasteiger partial charge in [0, 0.05) is 26.1 Å². The third-order valence-electron chi connectivity index (χ3n) is 6.38. The van der Waals surface area contributed by atoms with E-state index in [9.17, 15) is 9.59 Å². The summed E-state index contributed by atoms with van der Waals surface area (Å²) < 4.78 is 7.31. The van der Waals surface area contributed by atoms with Gasteiger partial charge in [-0.25, -0.2) is 4.98 Å². The highest BCUT2D eigenvalue weighted by molar-refractivity contribution is 5.96. The number of nitrogens with one attached hydrogen (secondary N) is 1. The lowest BCUT2D eigenvalue weighted by Crippen LogP contribution is -2.40. The number of benzene rings is 2. The SMILES string of the molecule is COc1ccccc1C(=O)NCCCc1nc2ccccc2n1CC(=O)N1CCC(C)CC1. The number of carbonyl (C=O) groups excluding carboxylic acids is 2. The van der Waals surface area contributed by atoms with Gasteiger partial charge >= 0.3 is 0 Å². The van der Waals surface area contributed by atoms with E-state index in [2.05, 4.69) is 12.2 Å². The summed E-state index contributed by atoms with van der Waals surface area (Å²) in [5, 5.41) is 2.96. The van der Waals surface area contributed by atoms with Gasteiger partial charge in [0.1, 0.15) is 18.1 Å². The molecule has 33 heavy (non-hydrogen) atoms. The zero-order valence-corrected chi connectivity index (χ0v) is 19.4. The number of rotatable bonds is 8. The zero-order valence-electron chi connectivity index (χ0n) is 19.4. The molecule has 1 aliphatic heterocycles. The molecule has 3 aromatic rings. The summed E-state index contributed by atoms with van der Waals surface area (Å²) in [5.74, 6) is 2.11. The van der Waals surface area contributed by atoms with E-state index in [0.29, 0.717) is 36.7 Å². The topological polar surface area (TPSA) is 76.5 Å². The van der Waals surface area contributed by atoms with E-state index >= 15 is 0 Å². The molecule has 0 radical (unpaired) electrons. The van der Waals surface area contributed by atoms with Gasteiger partial charge in [0.15, 0.2) is 0 Å². The van der Waals surface area contributed by atoms with Gasteiger partial charge in [-0.15, -0.1) is 0 Å². The van der Waals surface area contributed by atoms with Crippen LogP contribution in [0.15, 0.2) is 48.5 Å². The maximum absolute atomic E-state index is 13.0. The fraction of sp³-hybridized carbons (Fsp3) is 0.423. The third kappa shape index (κ3) is 5.35. The highest BCUT2D eigenvalue weighted by Crippen LogP contribution is 2.20. The maximum atomic E-state index is 13.0.